The Morgan fingerprint density at radius 1 is 1.21 bits per heavy atom. The lowest BCUT2D eigenvalue weighted by molar-refractivity contribution is -0.121. The van der Waals surface area contributed by atoms with Crippen LogP contribution < -0.4 is 20.9 Å². The van der Waals surface area contributed by atoms with Gasteiger partial charge in [0.15, 0.2) is 5.96 Å². The molecule has 0 spiro atoms. The number of likely N-dealkylation sites (N-methyl/N-ethyl adjacent to an activating group) is 1. The molecule has 0 atom stereocenters. The Balaban J connectivity index is 0.00000420. The molecule has 0 bridgehead atoms. The molecular formula is C20H36IN7O. The predicted octanol–water partition coefficient (Wildman–Crippen LogP) is 1.42. The van der Waals surface area contributed by atoms with Gasteiger partial charge in [0.1, 0.15) is 5.82 Å². The summed E-state index contributed by atoms with van der Waals surface area (Å²) < 4.78 is 0. The molecule has 0 aliphatic carbocycles. The van der Waals surface area contributed by atoms with Crippen LogP contribution in [0.2, 0.25) is 0 Å². The molecule has 0 saturated carbocycles. The molecule has 1 fully saturated rings. The van der Waals surface area contributed by atoms with Gasteiger partial charge in [0.25, 0.3) is 0 Å². The van der Waals surface area contributed by atoms with Crippen LogP contribution in [0.5, 0.6) is 0 Å². The van der Waals surface area contributed by atoms with Gasteiger partial charge in [0.05, 0.1) is 13.1 Å². The van der Waals surface area contributed by atoms with Crippen LogP contribution in [0, 0.1) is 0 Å². The highest BCUT2D eigenvalue weighted by molar-refractivity contribution is 14.0. The van der Waals surface area contributed by atoms with Crippen molar-refractivity contribution in [3.8, 4) is 0 Å². The maximum absolute atomic E-state index is 12.0. The minimum Gasteiger partial charge on any atom is -0.357 e. The Bertz CT molecular complexity index is 667. The van der Waals surface area contributed by atoms with Gasteiger partial charge < -0.3 is 25.8 Å². The fourth-order valence-corrected chi connectivity index (χ4v) is 2.91. The minimum atomic E-state index is -0.245. The lowest BCUT2D eigenvalue weighted by Gasteiger charge is -2.33. The van der Waals surface area contributed by atoms with E-state index in [1.807, 2.05) is 40.0 Å². The summed E-state index contributed by atoms with van der Waals surface area (Å²) in [6.07, 6.45) is 1.84. The zero-order valence-electron chi connectivity index (χ0n) is 18.3. The number of carbonyl (C=O) groups excluding carboxylic acids is 1. The molecule has 1 saturated heterocycles. The van der Waals surface area contributed by atoms with Crippen molar-refractivity contribution in [2.45, 2.75) is 39.8 Å². The van der Waals surface area contributed by atoms with Crippen LogP contribution in [0.3, 0.4) is 0 Å². The van der Waals surface area contributed by atoms with E-state index >= 15 is 0 Å². The van der Waals surface area contributed by atoms with Crippen LogP contribution >= 0.6 is 24.0 Å². The van der Waals surface area contributed by atoms with Crippen LogP contribution in [0.25, 0.3) is 0 Å². The first-order chi connectivity index (χ1) is 13.3. The summed E-state index contributed by atoms with van der Waals surface area (Å²) in [5.41, 5.74) is 0.852. The van der Waals surface area contributed by atoms with E-state index < -0.39 is 0 Å². The molecule has 0 aromatic carbocycles. The van der Waals surface area contributed by atoms with Gasteiger partial charge in [-0.2, -0.15) is 0 Å². The number of hydrogen-bond donors (Lipinski definition) is 3. The Kier molecular flexibility index (Phi) is 10.7. The molecule has 1 aromatic heterocycles. The molecule has 3 N–H and O–H groups in total. The quantitative estimate of drug-likeness (QED) is 0.301. The molecule has 29 heavy (non-hydrogen) atoms. The Labute approximate surface area is 191 Å². The van der Waals surface area contributed by atoms with Gasteiger partial charge in [0.2, 0.25) is 5.91 Å². The standard InChI is InChI=1S/C20H35N7O.HI/c1-6-21-19(24-15-18(28)25-20(2,3)4)23-14-16-7-8-22-17(13-16)27-11-9-26(5)10-12-27;/h7-8,13H,6,9-12,14-15H2,1-5H3,(H,25,28)(H2,21,23,24);1H. The van der Waals surface area contributed by atoms with E-state index in [1.165, 1.54) is 0 Å². The maximum atomic E-state index is 12.0. The number of aromatic nitrogens is 1. The normalized spacial score (nSPS) is 15.5. The highest BCUT2D eigenvalue weighted by atomic mass is 127. The van der Waals surface area contributed by atoms with Gasteiger partial charge in [-0.1, -0.05) is 0 Å². The fraction of sp³-hybridized carbons (Fsp3) is 0.650. The molecule has 8 nitrogen and oxygen atoms in total. The molecule has 1 amide bonds. The van der Waals surface area contributed by atoms with E-state index in [2.05, 4.69) is 48.8 Å². The monoisotopic (exact) mass is 517 g/mol. The number of piperazine rings is 1. The topological polar surface area (TPSA) is 84.9 Å². The first-order valence-electron chi connectivity index (χ1n) is 9.98. The number of nitrogens with zero attached hydrogens (tertiary/aromatic N) is 4. The Morgan fingerprint density at radius 3 is 2.52 bits per heavy atom. The van der Waals surface area contributed by atoms with Crippen molar-refractivity contribution in [3.05, 3.63) is 23.9 Å². The van der Waals surface area contributed by atoms with Crippen molar-refractivity contribution in [2.75, 3.05) is 51.2 Å². The summed E-state index contributed by atoms with van der Waals surface area (Å²) in [6.45, 7) is 13.4. The second-order valence-electron chi connectivity index (χ2n) is 8.16. The van der Waals surface area contributed by atoms with Crippen molar-refractivity contribution >= 4 is 41.7 Å². The van der Waals surface area contributed by atoms with Gasteiger partial charge in [-0.05, 0) is 52.4 Å². The molecule has 2 heterocycles. The molecule has 1 aliphatic rings. The van der Waals surface area contributed by atoms with Crippen molar-refractivity contribution in [2.24, 2.45) is 4.99 Å². The van der Waals surface area contributed by atoms with E-state index in [0.29, 0.717) is 12.5 Å². The van der Waals surface area contributed by atoms with Gasteiger partial charge >= 0.3 is 0 Å². The van der Waals surface area contributed by atoms with E-state index in [9.17, 15) is 4.79 Å². The van der Waals surface area contributed by atoms with Crippen molar-refractivity contribution in [1.29, 1.82) is 0 Å². The molecule has 2 rings (SSSR count). The number of carbonyl (C=O) groups is 1. The first kappa shape index (κ1) is 25.4. The predicted molar refractivity (Wildman–Crippen MR) is 130 cm³/mol. The molecule has 0 unspecified atom stereocenters. The number of rotatable bonds is 6. The van der Waals surface area contributed by atoms with Crippen molar-refractivity contribution in [3.63, 3.8) is 0 Å². The van der Waals surface area contributed by atoms with E-state index in [1.54, 1.807) is 0 Å². The molecular weight excluding hydrogens is 481 g/mol. The minimum absolute atomic E-state index is 0. The number of amides is 1. The summed E-state index contributed by atoms with van der Waals surface area (Å²) in [5.74, 6) is 1.58. The van der Waals surface area contributed by atoms with E-state index in [-0.39, 0.29) is 42.0 Å². The van der Waals surface area contributed by atoms with Gasteiger partial charge in [-0.15, -0.1) is 24.0 Å². The van der Waals surface area contributed by atoms with Crippen LogP contribution in [0.4, 0.5) is 5.82 Å². The molecule has 0 radical (unpaired) electrons. The van der Waals surface area contributed by atoms with Crippen molar-refractivity contribution in [1.82, 2.24) is 25.8 Å². The van der Waals surface area contributed by atoms with Crippen LogP contribution in [0.1, 0.15) is 33.3 Å². The fourth-order valence-electron chi connectivity index (χ4n) is 2.91. The van der Waals surface area contributed by atoms with Crippen LogP contribution in [-0.4, -0.2) is 73.6 Å². The number of pyridine rings is 1. The number of hydrogen-bond acceptors (Lipinski definition) is 5. The summed E-state index contributed by atoms with van der Waals surface area (Å²) in [4.78, 5) is 25.8. The number of halogens is 1. The average molecular weight is 517 g/mol. The first-order valence-corrected chi connectivity index (χ1v) is 9.98. The Morgan fingerprint density at radius 2 is 1.90 bits per heavy atom. The zero-order chi connectivity index (χ0) is 20.6. The highest BCUT2D eigenvalue weighted by Gasteiger charge is 2.16. The largest absolute Gasteiger partial charge is 0.357 e. The van der Waals surface area contributed by atoms with Gasteiger partial charge in [-0.3, -0.25) is 4.79 Å². The number of guanidine groups is 1. The van der Waals surface area contributed by atoms with Crippen LogP contribution in [0.15, 0.2) is 23.3 Å². The highest BCUT2D eigenvalue weighted by Crippen LogP contribution is 2.15. The lowest BCUT2D eigenvalue weighted by Crippen LogP contribution is -2.48. The number of nitrogens with one attached hydrogen (secondary N) is 3. The van der Waals surface area contributed by atoms with Crippen LogP contribution in [-0.2, 0) is 11.3 Å². The van der Waals surface area contributed by atoms with Crippen molar-refractivity contribution < 1.29 is 4.79 Å². The second-order valence-corrected chi connectivity index (χ2v) is 8.16. The summed E-state index contributed by atoms with van der Waals surface area (Å²) in [7, 11) is 2.15. The van der Waals surface area contributed by atoms with E-state index in [4.69, 9.17) is 0 Å². The summed E-state index contributed by atoms with van der Waals surface area (Å²) >= 11 is 0. The zero-order valence-corrected chi connectivity index (χ0v) is 20.6. The number of aliphatic imine (C=N–C) groups is 1. The maximum Gasteiger partial charge on any atom is 0.239 e. The third-order valence-electron chi connectivity index (χ3n) is 4.33. The summed E-state index contributed by atoms with van der Waals surface area (Å²) in [6, 6.07) is 4.09. The third kappa shape index (κ3) is 9.62. The lowest BCUT2D eigenvalue weighted by atomic mass is 10.1. The smallest absolute Gasteiger partial charge is 0.239 e. The molecule has 9 heteroatoms. The van der Waals surface area contributed by atoms with E-state index in [0.717, 1.165) is 44.1 Å². The Hall–Kier alpha value is -1.62. The second kappa shape index (κ2) is 12.2. The van der Waals surface area contributed by atoms with Gasteiger partial charge in [-0.25, -0.2) is 9.98 Å². The van der Waals surface area contributed by atoms with Gasteiger partial charge in [0, 0.05) is 44.5 Å². The SMILES string of the molecule is CCNC(=NCc1ccnc(N2CCN(C)CC2)c1)NCC(=O)NC(C)(C)C.I. The number of anilines is 1. The third-order valence-corrected chi connectivity index (χ3v) is 4.33. The summed E-state index contributed by atoms with van der Waals surface area (Å²) in [5, 5.41) is 9.21. The molecule has 164 valence electrons. The molecule has 1 aromatic rings. The molecule has 1 aliphatic heterocycles. The average Bonchev–Trinajstić information content (AvgIpc) is 2.63.